The smallest absolute Gasteiger partial charge is 0.140 e. The van der Waals surface area contributed by atoms with Crippen molar-refractivity contribution in [1.82, 2.24) is 4.98 Å². The Bertz CT molecular complexity index is 332. The molecule has 0 saturated carbocycles. The van der Waals surface area contributed by atoms with Crippen LogP contribution in [0.5, 0.6) is 0 Å². The topological polar surface area (TPSA) is 47.0 Å². The molecule has 0 aliphatic heterocycles. The second-order valence-electron chi connectivity index (χ2n) is 3.67. The minimum atomic E-state index is -0.446. The van der Waals surface area contributed by atoms with Crippen LogP contribution < -0.4 is 0 Å². The lowest BCUT2D eigenvalue weighted by Gasteiger charge is -2.09. The average Bonchev–Trinajstić information content (AvgIpc) is 2.18. The van der Waals surface area contributed by atoms with Crippen LogP contribution >= 0.6 is 0 Å². The van der Waals surface area contributed by atoms with E-state index in [-0.39, 0.29) is 11.6 Å². The standard InChI is InChI=1S/C12H15NO2/c1-9(14)12(10(2)15)4-3-11-5-7-13-8-6-11/h5-8,12H,3-4H2,1-2H3. The summed E-state index contributed by atoms with van der Waals surface area (Å²) in [5.41, 5.74) is 1.11. The minimum Gasteiger partial charge on any atom is -0.299 e. The Kier molecular flexibility index (Phi) is 4.16. The first-order valence-corrected chi connectivity index (χ1v) is 5.01. The van der Waals surface area contributed by atoms with Crippen LogP contribution in [0.3, 0.4) is 0 Å². The van der Waals surface area contributed by atoms with Crippen LogP contribution in [-0.4, -0.2) is 16.6 Å². The number of Topliss-reactive ketones (excluding diaryl/α,β-unsaturated/α-hetero) is 2. The van der Waals surface area contributed by atoms with Crippen molar-refractivity contribution in [2.45, 2.75) is 26.7 Å². The van der Waals surface area contributed by atoms with Crippen molar-refractivity contribution >= 4 is 11.6 Å². The van der Waals surface area contributed by atoms with E-state index in [1.165, 1.54) is 13.8 Å². The van der Waals surface area contributed by atoms with Gasteiger partial charge < -0.3 is 0 Å². The number of carbonyl (C=O) groups excluding carboxylic acids is 2. The van der Waals surface area contributed by atoms with Crippen LogP contribution in [0.25, 0.3) is 0 Å². The number of ketones is 2. The van der Waals surface area contributed by atoms with Gasteiger partial charge in [-0.1, -0.05) is 0 Å². The lowest BCUT2D eigenvalue weighted by Crippen LogP contribution is -2.20. The van der Waals surface area contributed by atoms with Gasteiger partial charge in [0, 0.05) is 12.4 Å². The molecule has 0 aliphatic carbocycles. The molecule has 0 fully saturated rings. The van der Waals surface area contributed by atoms with E-state index < -0.39 is 5.92 Å². The summed E-state index contributed by atoms with van der Waals surface area (Å²) >= 11 is 0. The molecule has 0 bridgehead atoms. The van der Waals surface area contributed by atoms with Gasteiger partial charge in [-0.05, 0) is 44.4 Å². The molecule has 0 saturated heterocycles. The first kappa shape index (κ1) is 11.6. The van der Waals surface area contributed by atoms with E-state index in [9.17, 15) is 9.59 Å². The molecule has 0 aliphatic rings. The van der Waals surface area contributed by atoms with Crippen LogP contribution in [0.1, 0.15) is 25.8 Å². The number of rotatable bonds is 5. The zero-order valence-electron chi connectivity index (χ0n) is 9.06. The predicted molar refractivity (Wildman–Crippen MR) is 57.4 cm³/mol. The molecule has 80 valence electrons. The zero-order chi connectivity index (χ0) is 11.3. The summed E-state index contributed by atoms with van der Waals surface area (Å²) in [6.45, 7) is 2.94. The monoisotopic (exact) mass is 205 g/mol. The molecule has 0 radical (unpaired) electrons. The van der Waals surface area contributed by atoms with Gasteiger partial charge in [-0.3, -0.25) is 14.6 Å². The van der Waals surface area contributed by atoms with E-state index in [1.54, 1.807) is 12.4 Å². The highest BCUT2D eigenvalue weighted by molar-refractivity contribution is 6.00. The van der Waals surface area contributed by atoms with Gasteiger partial charge >= 0.3 is 0 Å². The molecule has 0 spiro atoms. The zero-order valence-corrected chi connectivity index (χ0v) is 9.06. The van der Waals surface area contributed by atoms with Gasteiger partial charge in [-0.25, -0.2) is 0 Å². The number of carbonyl (C=O) groups is 2. The molecule has 1 aromatic rings. The fraction of sp³-hybridized carbons (Fsp3) is 0.417. The minimum absolute atomic E-state index is 0.0449. The Hall–Kier alpha value is -1.51. The molecule has 1 heterocycles. The highest BCUT2D eigenvalue weighted by Gasteiger charge is 2.18. The van der Waals surface area contributed by atoms with E-state index in [2.05, 4.69) is 4.98 Å². The Morgan fingerprint density at radius 1 is 1.20 bits per heavy atom. The summed E-state index contributed by atoms with van der Waals surface area (Å²) in [5.74, 6) is -0.536. The molecular weight excluding hydrogens is 190 g/mol. The average molecular weight is 205 g/mol. The van der Waals surface area contributed by atoms with Gasteiger partial charge in [0.15, 0.2) is 0 Å². The van der Waals surface area contributed by atoms with Crippen molar-refractivity contribution in [1.29, 1.82) is 0 Å². The fourth-order valence-electron chi connectivity index (χ4n) is 1.55. The Morgan fingerprint density at radius 3 is 2.20 bits per heavy atom. The van der Waals surface area contributed by atoms with Gasteiger partial charge in [0.2, 0.25) is 0 Å². The number of hydrogen-bond donors (Lipinski definition) is 0. The first-order valence-electron chi connectivity index (χ1n) is 5.01. The highest BCUT2D eigenvalue weighted by Crippen LogP contribution is 2.11. The van der Waals surface area contributed by atoms with Gasteiger partial charge in [-0.2, -0.15) is 0 Å². The number of hydrogen-bond acceptors (Lipinski definition) is 3. The van der Waals surface area contributed by atoms with E-state index in [4.69, 9.17) is 0 Å². The number of aryl methyl sites for hydroxylation is 1. The molecular formula is C12H15NO2. The Labute approximate surface area is 89.5 Å². The van der Waals surface area contributed by atoms with Crippen LogP contribution in [0.4, 0.5) is 0 Å². The number of nitrogens with zero attached hydrogens (tertiary/aromatic N) is 1. The molecule has 0 unspecified atom stereocenters. The van der Waals surface area contributed by atoms with Crippen LogP contribution in [0.15, 0.2) is 24.5 Å². The third-order valence-electron chi connectivity index (χ3n) is 2.45. The maximum Gasteiger partial charge on any atom is 0.140 e. The Balaban J connectivity index is 2.55. The molecule has 3 nitrogen and oxygen atoms in total. The molecule has 0 atom stereocenters. The molecule has 0 aromatic carbocycles. The van der Waals surface area contributed by atoms with Crippen LogP contribution in [0, 0.1) is 5.92 Å². The fourth-order valence-corrected chi connectivity index (χ4v) is 1.55. The second kappa shape index (κ2) is 5.39. The van der Waals surface area contributed by atoms with Crippen molar-refractivity contribution in [3.8, 4) is 0 Å². The molecule has 0 N–H and O–H groups in total. The first-order chi connectivity index (χ1) is 7.11. The summed E-state index contributed by atoms with van der Waals surface area (Å²) in [6, 6.07) is 3.80. The molecule has 1 rings (SSSR count). The van der Waals surface area contributed by atoms with E-state index in [0.717, 1.165) is 12.0 Å². The lowest BCUT2D eigenvalue weighted by atomic mass is 9.93. The van der Waals surface area contributed by atoms with Crippen LogP contribution in [0.2, 0.25) is 0 Å². The number of aromatic nitrogens is 1. The summed E-state index contributed by atoms with van der Waals surface area (Å²) in [7, 11) is 0. The van der Waals surface area contributed by atoms with Gasteiger partial charge in [-0.15, -0.1) is 0 Å². The number of pyridine rings is 1. The highest BCUT2D eigenvalue weighted by atomic mass is 16.1. The summed E-state index contributed by atoms with van der Waals surface area (Å²) in [6.07, 6.45) is 4.76. The molecule has 3 heteroatoms. The van der Waals surface area contributed by atoms with E-state index in [0.29, 0.717) is 6.42 Å². The molecule has 15 heavy (non-hydrogen) atoms. The van der Waals surface area contributed by atoms with E-state index in [1.807, 2.05) is 12.1 Å². The maximum atomic E-state index is 11.2. The van der Waals surface area contributed by atoms with Crippen molar-refractivity contribution in [2.75, 3.05) is 0 Å². The largest absolute Gasteiger partial charge is 0.299 e. The normalized spacial score (nSPS) is 10.3. The van der Waals surface area contributed by atoms with Gasteiger partial charge in [0.25, 0.3) is 0 Å². The van der Waals surface area contributed by atoms with Crippen molar-refractivity contribution < 1.29 is 9.59 Å². The van der Waals surface area contributed by atoms with Crippen molar-refractivity contribution in [3.05, 3.63) is 30.1 Å². The van der Waals surface area contributed by atoms with Gasteiger partial charge in [0.1, 0.15) is 11.6 Å². The second-order valence-corrected chi connectivity index (χ2v) is 3.67. The van der Waals surface area contributed by atoms with Crippen LogP contribution in [-0.2, 0) is 16.0 Å². The Morgan fingerprint density at radius 2 is 1.73 bits per heavy atom. The maximum absolute atomic E-state index is 11.2. The SMILES string of the molecule is CC(=O)C(CCc1ccncc1)C(C)=O. The summed E-state index contributed by atoms with van der Waals surface area (Å²) in [4.78, 5) is 26.3. The van der Waals surface area contributed by atoms with Gasteiger partial charge in [0.05, 0.1) is 5.92 Å². The van der Waals surface area contributed by atoms with E-state index >= 15 is 0 Å². The lowest BCUT2D eigenvalue weighted by molar-refractivity contribution is -0.130. The van der Waals surface area contributed by atoms with Crippen molar-refractivity contribution in [2.24, 2.45) is 5.92 Å². The molecule has 1 aromatic heterocycles. The van der Waals surface area contributed by atoms with Crippen molar-refractivity contribution in [3.63, 3.8) is 0 Å². The molecule has 0 amide bonds. The summed E-state index contributed by atoms with van der Waals surface area (Å²) < 4.78 is 0. The summed E-state index contributed by atoms with van der Waals surface area (Å²) in [5, 5.41) is 0. The third kappa shape index (κ3) is 3.62. The predicted octanol–water partition coefficient (Wildman–Crippen LogP) is 1.81. The third-order valence-corrected chi connectivity index (χ3v) is 2.45. The quantitative estimate of drug-likeness (QED) is 0.689.